The van der Waals surface area contributed by atoms with Crippen molar-refractivity contribution in [3.8, 4) is 16.9 Å². The van der Waals surface area contributed by atoms with Crippen LogP contribution in [0.15, 0.2) is 82.0 Å². The number of nitrogens with one attached hydrogen (secondary N) is 1. The van der Waals surface area contributed by atoms with Crippen molar-refractivity contribution >= 4 is 34.2 Å². The first-order valence-electron chi connectivity index (χ1n) is 8.83. The molecule has 0 bridgehead atoms. The molecule has 29 heavy (non-hydrogen) atoms. The van der Waals surface area contributed by atoms with E-state index < -0.39 is 5.63 Å². The van der Waals surface area contributed by atoms with E-state index in [1.54, 1.807) is 54.6 Å². The fourth-order valence-corrected chi connectivity index (χ4v) is 3.21. The molecule has 6 heteroatoms. The molecule has 0 saturated carbocycles. The molecule has 1 aromatic heterocycles. The van der Waals surface area contributed by atoms with E-state index in [0.717, 1.165) is 5.39 Å². The second-order valence-corrected chi connectivity index (χ2v) is 6.80. The van der Waals surface area contributed by atoms with E-state index in [9.17, 15) is 9.59 Å². The number of anilines is 1. The number of hydrogen-bond donors (Lipinski definition) is 1. The molecule has 5 nitrogen and oxygen atoms in total. The van der Waals surface area contributed by atoms with Crippen LogP contribution in [-0.2, 0) is 0 Å². The van der Waals surface area contributed by atoms with Gasteiger partial charge in [-0.2, -0.15) is 0 Å². The van der Waals surface area contributed by atoms with Crippen LogP contribution in [0.2, 0.25) is 5.02 Å². The smallest absolute Gasteiger partial charge is 0.344 e. The maximum atomic E-state index is 12.6. The third-order valence-corrected chi connectivity index (χ3v) is 4.74. The molecule has 0 fully saturated rings. The summed E-state index contributed by atoms with van der Waals surface area (Å²) in [6, 6.07) is 20.8. The lowest BCUT2D eigenvalue weighted by atomic mass is 10.0. The van der Waals surface area contributed by atoms with Crippen molar-refractivity contribution in [3.05, 3.63) is 93.8 Å². The van der Waals surface area contributed by atoms with Gasteiger partial charge in [-0.15, -0.1) is 0 Å². The topological polar surface area (TPSA) is 68.5 Å². The van der Waals surface area contributed by atoms with E-state index in [4.69, 9.17) is 20.8 Å². The zero-order chi connectivity index (χ0) is 20.4. The molecule has 4 rings (SSSR count). The second kappa shape index (κ2) is 7.81. The van der Waals surface area contributed by atoms with Gasteiger partial charge in [0.25, 0.3) is 5.91 Å². The van der Waals surface area contributed by atoms with Crippen LogP contribution in [0.4, 0.5) is 5.69 Å². The lowest BCUT2D eigenvalue weighted by Crippen LogP contribution is -2.12. The first kappa shape index (κ1) is 18.8. The molecule has 0 saturated heterocycles. The zero-order valence-corrected chi connectivity index (χ0v) is 16.2. The molecule has 0 atom stereocenters. The molecule has 0 aliphatic rings. The highest BCUT2D eigenvalue weighted by atomic mass is 35.5. The molecule has 144 valence electrons. The predicted octanol–water partition coefficient (Wildman–Crippen LogP) is 5.37. The Morgan fingerprint density at radius 2 is 1.76 bits per heavy atom. The van der Waals surface area contributed by atoms with E-state index in [-0.39, 0.29) is 5.91 Å². The standard InChI is InChI=1S/C23H16ClNO4/c1-28-21-11-10-17(24)13-19(21)25-22(26)15-8-6-14(7-9-15)18-12-16-4-2-3-5-20(16)29-23(18)27/h2-13H,1H3,(H,25,26). The maximum absolute atomic E-state index is 12.6. The lowest BCUT2D eigenvalue weighted by molar-refractivity contribution is 0.102. The molecule has 0 radical (unpaired) electrons. The van der Waals surface area contributed by atoms with Gasteiger partial charge in [0.2, 0.25) is 0 Å². The normalized spacial score (nSPS) is 10.7. The highest BCUT2D eigenvalue weighted by molar-refractivity contribution is 6.31. The quantitative estimate of drug-likeness (QED) is 0.463. The fraction of sp³-hybridized carbons (Fsp3) is 0.0435. The molecule has 1 heterocycles. The Morgan fingerprint density at radius 1 is 1.00 bits per heavy atom. The van der Waals surface area contributed by atoms with Gasteiger partial charge >= 0.3 is 5.63 Å². The summed E-state index contributed by atoms with van der Waals surface area (Å²) in [5.74, 6) is 0.191. The summed E-state index contributed by atoms with van der Waals surface area (Å²) >= 11 is 6.00. The Bertz CT molecular complexity index is 1260. The zero-order valence-electron chi connectivity index (χ0n) is 15.4. The highest BCUT2D eigenvalue weighted by Gasteiger charge is 2.12. The van der Waals surface area contributed by atoms with Crippen molar-refractivity contribution in [1.82, 2.24) is 0 Å². The van der Waals surface area contributed by atoms with Gasteiger partial charge in [0.1, 0.15) is 11.3 Å². The first-order valence-corrected chi connectivity index (χ1v) is 9.21. The minimum absolute atomic E-state index is 0.317. The van der Waals surface area contributed by atoms with Crippen LogP contribution in [0, 0.1) is 0 Å². The minimum Gasteiger partial charge on any atom is -0.495 e. The van der Waals surface area contributed by atoms with E-state index in [1.807, 2.05) is 18.2 Å². The highest BCUT2D eigenvalue weighted by Crippen LogP contribution is 2.28. The molecular formula is C23H16ClNO4. The van der Waals surface area contributed by atoms with Crippen LogP contribution >= 0.6 is 11.6 Å². The number of carbonyl (C=O) groups is 1. The molecule has 0 unspecified atom stereocenters. The number of fused-ring (bicyclic) bond motifs is 1. The van der Waals surface area contributed by atoms with Gasteiger partial charge < -0.3 is 14.5 Å². The lowest BCUT2D eigenvalue weighted by Gasteiger charge is -2.11. The molecule has 0 aliphatic heterocycles. The van der Waals surface area contributed by atoms with Crippen LogP contribution in [-0.4, -0.2) is 13.0 Å². The number of methoxy groups -OCH3 is 1. The van der Waals surface area contributed by atoms with Gasteiger partial charge in [0.05, 0.1) is 18.4 Å². The summed E-state index contributed by atoms with van der Waals surface area (Å²) in [6.07, 6.45) is 0. The van der Waals surface area contributed by atoms with Crippen LogP contribution < -0.4 is 15.7 Å². The summed E-state index contributed by atoms with van der Waals surface area (Å²) in [5, 5.41) is 4.10. The number of hydrogen-bond acceptors (Lipinski definition) is 4. The van der Waals surface area contributed by atoms with E-state index in [1.165, 1.54) is 7.11 Å². The van der Waals surface area contributed by atoms with Crippen molar-refractivity contribution < 1.29 is 13.9 Å². The summed E-state index contributed by atoms with van der Waals surface area (Å²) in [6.45, 7) is 0. The largest absolute Gasteiger partial charge is 0.495 e. The average molecular weight is 406 g/mol. The van der Waals surface area contributed by atoms with Gasteiger partial charge in [-0.25, -0.2) is 4.79 Å². The fourth-order valence-electron chi connectivity index (χ4n) is 3.04. The van der Waals surface area contributed by atoms with Crippen molar-refractivity contribution in [3.63, 3.8) is 0 Å². The Balaban J connectivity index is 1.61. The molecule has 1 amide bonds. The number of benzene rings is 3. The number of carbonyl (C=O) groups excluding carboxylic acids is 1. The maximum Gasteiger partial charge on any atom is 0.344 e. The van der Waals surface area contributed by atoms with Crippen LogP contribution in [0.5, 0.6) is 5.75 Å². The molecule has 1 N–H and O–H groups in total. The predicted molar refractivity (Wildman–Crippen MR) is 114 cm³/mol. The van der Waals surface area contributed by atoms with Crippen molar-refractivity contribution in [2.24, 2.45) is 0 Å². The summed E-state index contributed by atoms with van der Waals surface area (Å²) < 4.78 is 10.6. The Kier molecular flexibility index (Phi) is 5.06. The van der Waals surface area contributed by atoms with Gasteiger partial charge in [-0.1, -0.05) is 41.9 Å². The number of rotatable bonds is 4. The minimum atomic E-state index is -0.426. The van der Waals surface area contributed by atoms with Crippen molar-refractivity contribution in [1.29, 1.82) is 0 Å². The molecule has 3 aromatic carbocycles. The summed E-state index contributed by atoms with van der Waals surface area (Å²) in [5.41, 5.74) is 2.12. The summed E-state index contributed by atoms with van der Waals surface area (Å²) in [4.78, 5) is 24.9. The number of para-hydroxylation sites is 1. The Hall–Kier alpha value is -3.57. The van der Waals surface area contributed by atoms with E-state index in [0.29, 0.717) is 38.7 Å². The molecular weight excluding hydrogens is 390 g/mol. The van der Waals surface area contributed by atoms with Crippen LogP contribution in [0.3, 0.4) is 0 Å². The second-order valence-electron chi connectivity index (χ2n) is 6.36. The number of amides is 1. The average Bonchev–Trinajstić information content (AvgIpc) is 2.73. The van der Waals surface area contributed by atoms with Crippen molar-refractivity contribution in [2.75, 3.05) is 12.4 Å². The van der Waals surface area contributed by atoms with E-state index >= 15 is 0 Å². The Labute approximate surface area is 171 Å². The van der Waals surface area contributed by atoms with Crippen LogP contribution in [0.25, 0.3) is 22.1 Å². The Morgan fingerprint density at radius 3 is 2.52 bits per heavy atom. The van der Waals surface area contributed by atoms with Crippen LogP contribution in [0.1, 0.15) is 10.4 Å². The molecule has 0 aliphatic carbocycles. The number of ether oxygens (including phenoxy) is 1. The van der Waals surface area contributed by atoms with E-state index in [2.05, 4.69) is 5.32 Å². The first-order chi connectivity index (χ1) is 14.0. The molecule has 0 spiro atoms. The molecule has 4 aromatic rings. The van der Waals surface area contributed by atoms with Crippen molar-refractivity contribution in [2.45, 2.75) is 0 Å². The van der Waals surface area contributed by atoms with Gasteiger partial charge in [-0.05, 0) is 48.0 Å². The third kappa shape index (κ3) is 3.86. The van der Waals surface area contributed by atoms with Gasteiger partial charge in [0.15, 0.2) is 0 Å². The van der Waals surface area contributed by atoms with Gasteiger partial charge in [-0.3, -0.25) is 4.79 Å². The summed E-state index contributed by atoms with van der Waals surface area (Å²) in [7, 11) is 1.52. The SMILES string of the molecule is COc1ccc(Cl)cc1NC(=O)c1ccc(-c2cc3ccccc3oc2=O)cc1. The third-order valence-electron chi connectivity index (χ3n) is 4.51. The monoisotopic (exact) mass is 405 g/mol. The number of halogens is 1. The van der Waals surface area contributed by atoms with Gasteiger partial charge in [0, 0.05) is 16.0 Å².